The maximum absolute atomic E-state index is 12.7. The predicted octanol–water partition coefficient (Wildman–Crippen LogP) is 3.70. The van der Waals surface area contributed by atoms with Crippen molar-refractivity contribution in [2.45, 2.75) is 6.92 Å². The number of aromatic nitrogens is 1. The van der Waals surface area contributed by atoms with E-state index in [9.17, 15) is 9.59 Å². The first kappa shape index (κ1) is 16.3. The fourth-order valence-electron chi connectivity index (χ4n) is 2.66. The third kappa shape index (κ3) is 3.16. The Morgan fingerprint density at radius 1 is 1.23 bits per heavy atom. The number of amides is 2. The predicted molar refractivity (Wildman–Crippen MR) is 101 cm³/mol. The van der Waals surface area contributed by atoms with E-state index in [1.807, 2.05) is 37.3 Å². The highest BCUT2D eigenvalue weighted by atomic mass is 32.1. The zero-order chi connectivity index (χ0) is 18.1. The maximum atomic E-state index is 12.7. The fourth-order valence-corrected chi connectivity index (χ4v) is 3.63. The first-order valence-corrected chi connectivity index (χ1v) is 8.83. The number of carbonyl (C=O) groups is 2. The summed E-state index contributed by atoms with van der Waals surface area (Å²) in [7, 11) is 0. The van der Waals surface area contributed by atoms with Crippen LogP contribution in [0.3, 0.4) is 0 Å². The number of carbonyl (C=O) groups excluding carboxylic acids is 2. The summed E-state index contributed by atoms with van der Waals surface area (Å²) in [6, 6.07) is 14.9. The molecule has 1 aromatic heterocycles. The largest absolute Gasteiger partial charge is 0.482 e. The minimum absolute atomic E-state index is 0.00102. The highest BCUT2D eigenvalue weighted by Gasteiger charge is 2.19. The second-order valence-electron chi connectivity index (χ2n) is 5.80. The van der Waals surface area contributed by atoms with Crippen LogP contribution in [0.1, 0.15) is 15.4 Å². The number of anilines is 2. The average molecular weight is 365 g/mol. The molecule has 0 bridgehead atoms. The van der Waals surface area contributed by atoms with E-state index in [0.717, 1.165) is 10.6 Å². The normalized spacial score (nSPS) is 12.7. The van der Waals surface area contributed by atoms with Crippen molar-refractivity contribution in [2.24, 2.45) is 0 Å². The van der Waals surface area contributed by atoms with Crippen LogP contribution in [0, 0.1) is 6.92 Å². The molecule has 1 aliphatic heterocycles. The van der Waals surface area contributed by atoms with Gasteiger partial charge in [-0.05, 0) is 25.1 Å². The Hall–Kier alpha value is -3.19. The van der Waals surface area contributed by atoms with Crippen LogP contribution in [0.5, 0.6) is 5.75 Å². The summed E-state index contributed by atoms with van der Waals surface area (Å²) in [6.07, 6.45) is 0. The molecule has 26 heavy (non-hydrogen) atoms. The summed E-state index contributed by atoms with van der Waals surface area (Å²) in [5.74, 6) is 0.139. The number of rotatable bonds is 3. The average Bonchev–Trinajstić information content (AvgIpc) is 3.04. The highest BCUT2D eigenvalue weighted by Crippen LogP contribution is 2.32. The standard InChI is InChI=1S/C19H15N3O3S/c1-11-17(26-19(20-11)12-5-3-2-4-6-12)18(24)21-13-7-8-15-14(9-13)22-16(23)10-25-15/h2-9H,10H2,1H3,(H,21,24)(H,22,23). The number of aryl methyl sites for hydroxylation is 1. The lowest BCUT2D eigenvalue weighted by molar-refractivity contribution is -0.118. The number of hydrogen-bond donors (Lipinski definition) is 2. The van der Waals surface area contributed by atoms with Crippen LogP contribution < -0.4 is 15.4 Å². The summed E-state index contributed by atoms with van der Waals surface area (Å²) in [5, 5.41) is 6.38. The number of nitrogens with one attached hydrogen (secondary N) is 2. The molecule has 2 N–H and O–H groups in total. The molecule has 4 rings (SSSR count). The van der Waals surface area contributed by atoms with Gasteiger partial charge in [-0.1, -0.05) is 30.3 Å². The van der Waals surface area contributed by atoms with Gasteiger partial charge in [-0.25, -0.2) is 4.98 Å². The number of benzene rings is 2. The Balaban J connectivity index is 1.57. The third-order valence-corrected chi connectivity index (χ3v) is 5.10. The Bertz CT molecular complexity index is 999. The monoisotopic (exact) mass is 365 g/mol. The smallest absolute Gasteiger partial charge is 0.267 e. The van der Waals surface area contributed by atoms with Gasteiger partial charge in [-0.3, -0.25) is 9.59 Å². The van der Waals surface area contributed by atoms with E-state index in [0.29, 0.717) is 27.7 Å². The van der Waals surface area contributed by atoms with E-state index < -0.39 is 0 Å². The summed E-state index contributed by atoms with van der Waals surface area (Å²) in [6.45, 7) is 1.82. The zero-order valence-electron chi connectivity index (χ0n) is 13.9. The van der Waals surface area contributed by atoms with Crippen LogP contribution in [0.15, 0.2) is 48.5 Å². The number of thiazole rings is 1. The van der Waals surface area contributed by atoms with E-state index in [4.69, 9.17) is 4.74 Å². The molecule has 0 fully saturated rings. The van der Waals surface area contributed by atoms with Gasteiger partial charge in [0.1, 0.15) is 15.6 Å². The van der Waals surface area contributed by atoms with Crippen molar-refractivity contribution in [2.75, 3.05) is 17.2 Å². The molecule has 0 spiro atoms. The first-order chi connectivity index (χ1) is 12.6. The van der Waals surface area contributed by atoms with E-state index in [-0.39, 0.29) is 18.4 Å². The van der Waals surface area contributed by atoms with Gasteiger partial charge in [0.15, 0.2) is 6.61 Å². The van der Waals surface area contributed by atoms with Crippen molar-refractivity contribution in [1.29, 1.82) is 0 Å². The molecule has 2 heterocycles. The molecule has 130 valence electrons. The molecule has 1 aliphatic rings. The van der Waals surface area contributed by atoms with Gasteiger partial charge in [0.2, 0.25) is 0 Å². The zero-order valence-corrected chi connectivity index (χ0v) is 14.7. The molecule has 0 radical (unpaired) electrons. The molecule has 2 aromatic carbocycles. The van der Waals surface area contributed by atoms with Gasteiger partial charge in [0, 0.05) is 11.3 Å². The number of ether oxygens (including phenoxy) is 1. The quantitative estimate of drug-likeness (QED) is 0.742. The van der Waals surface area contributed by atoms with Gasteiger partial charge < -0.3 is 15.4 Å². The summed E-state index contributed by atoms with van der Waals surface area (Å²) in [4.78, 5) is 29.1. The number of hydrogen-bond acceptors (Lipinski definition) is 5. The maximum Gasteiger partial charge on any atom is 0.267 e. The van der Waals surface area contributed by atoms with Crippen LogP contribution in [0.25, 0.3) is 10.6 Å². The van der Waals surface area contributed by atoms with Crippen LogP contribution in [-0.2, 0) is 4.79 Å². The molecular formula is C19H15N3O3S. The summed E-state index contributed by atoms with van der Waals surface area (Å²) >= 11 is 1.35. The second kappa shape index (κ2) is 6.61. The Morgan fingerprint density at radius 2 is 2.04 bits per heavy atom. The van der Waals surface area contributed by atoms with Crippen molar-refractivity contribution in [3.63, 3.8) is 0 Å². The summed E-state index contributed by atoms with van der Waals surface area (Å²) in [5.41, 5.74) is 2.79. The minimum Gasteiger partial charge on any atom is -0.482 e. The molecule has 0 saturated carbocycles. The lowest BCUT2D eigenvalue weighted by Gasteiger charge is -2.18. The van der Waals surface area contributed by atoms with Crippen LogP contribution in [-0.4, -0.2) is 23.4 Å². The van der Waals surface area contributed by atoms with Gasteiger partial charge in [-0.2, -0.15) is 0 Å². The molecule has 0 saturated heterocycles. The van der Waals surface area contributed by atoms with Crippen molar-refractivity contribution in [3.05, 3.63) is 59.1 Å². The molecule has 2 amide bonds. The van der Waals surface area contributed by atoms with E-state index >= 15 is 0 Å². The molecular weight excluding hydrogens is 350 g/mol. The molecule has 0 atom stereocenters. The van der Waals surface area contributed by atoms with Gasteiger partial charge in [0.05, 0.1) is 11.4 Å². The fraction of sp³-hybridized carbons (Fsp3) is 0.105. The van der Waals surface area contributed by atoms with E-state index in [2.05, 4.69) is 15.6 Å². The Labute approximate surface area is 153 Å². The minimum atomic E-state index is -0.231. The second-order valence-corrected chi connectivity index (χ2v) is 6.80. The molecule has 3 aromatic rings. The Morgan fingerprint density at radius 3 is 2.85 bits per heavy atom. The van der Waals surface area contributed by atoms with Crippen LogP contribution >= 0.6 is 11.3 Å². The lowest BCUT2D eigenvalue weighted by Crippen LogP contribution is -2.25. The molecule has 6 nitrogen and oxygen atoms in total. The third-order valence-electron chi connectivity index (χ3n) is 3.89. The highest BCUT2D eigenvalue weighted by molar-refractivity contribution is 7.17. The molecule has 0 aliphatic carbocycles. The lowest BCUT2D eigenvalue weighted by atomic mass is 10.2. The van der Waals surface area contributed by atoms with E-state index in [1.54, 1.807) is 18.2 Å². The van der Waals surface area contributed by atoms with Crippen molar-refractivity contribution >= 4 is 34.5 Å². The van der Waals surface area contributed by atoms with Gasteiger partial charge in [0.25, 0.3) is 11.8 Å². The van der Waals surface area contributed by atoms with Crippen LogP contribution in [0.4, 0.5) is 11.4 Å². The van der Waals surface area contributed by atoms with E-state index in [1.165, 1.54) is 11.3 Å². The first-order valence-electron chi connectivity index (χ1n) is 8.01. The molecule has 0 unspecified atom stereocenters. The van der Waals surface area contributed by atoms with Crippen molar-refractivity contribution in [1.82, 2.24) is 4.98 Å². The number of fused-ring (bicyclic) bond motifs is 1. The number of nitrogens with zero attached hydrogens (tertiary/aromatic N) is 1. The SMILES string of the molecule is Cc1nc(-c2ccccc2)sc1C(=O)Nc1ccc2c(c1)NC(=O)CO2. The van der Waals surface area contributed by atoms with Gasteiger partial charge >= 0.3 is 0 Å². The molecule has 7 heteroatoms. The van der Waals surface area contributed by atoms with Crippen molar-refractivity contribution < 1.29 is 14.3 Å². The van der Waals surface area contributed by atoms with Crippen LogP contribution in [0.2, 0.25) is 0 Å². The van der Waals surface area contributed by atoms with Gasteiger partial charge in [-0.15, -0.1) is 11.3 Å². The summed E-state index contributed by atoms with van der Waals surface area (Å²) < 4.78 is 5.32. The Kier molecular flexibility index (Phi) is 4.14. The van der Waals surface area contributed by atoms with Crippen molar-refractivity contribution in [3.8, 4) is 16.3 Å². The topological polar surface area (TPSA) is 80.3 Å².